The van der Waals surface area contributed by atoms with E-state index in [4.69, 9.17) is 4.74 Å². The van der Waals surface area contributed by atoms with Crippen LogP contribution in [-0.2, 0) is 4.74 Å². The smallest absolute Gasteiger partial charge is 0.0572 e. The first-order chi connectivity index (χ1) is 5.86. The minimum absolute atomic E-state index is 0.547. The molecule has 1 unspecified atom stereocenters. The van der Waals surface area contributed by atoms with Crippen molar-refractivity contribution < 1.29 is 4.74 Å². The van der Waals surface area contributed by atoms with Crippen LogP contribution in [0.25, 0.3) is 0 Å². The predicted molar refractivity (Wildman–Crippen MR) is 52.3 cm³/mol. The molecule has 12 heavy (non-hydrogen) atoms. The molecular weight excluding hydrogens is 148 g/mol. The molecule has 72 valence electrons. The van der Waals surface area contributed by atoms with E-state index in [1.165, 1.54) is 38.5 Å². The maximum absolute atomic E-state index is 5.82. The number of unbranched alkanes of at least 4 members (excludes halogenated alkanes) is 1. The monoisotopic (exact) mass is 170 g/mol. The maximum atomic E-state index is 5.82. The first-order valence-electron chi connectivity index (χ1n) is 5.48. The SMILES string of the molecule is CCCCC(CC)OCC1CC1. The zero-order valence-corrected chi connectivity index (χ0v) is 8.51. The van der Waals surface area contributed by atoms with E-state index in [1.807, 2.05) is 0 Å². The fraction of sp³-hybridized carbons (Fsp3) is 1.00. The summed E-state index contributed by atoms with van der Waals surface area (Å²) in [5.41, 5.74) is 0. The van der Waals surface area contributed by atoms with E-state index >= 15 is 0 Å². The van der Waals surface area contributed by atoms with Crippen molar-refractivity contribution in [2.24, 2.45) is 5.92 Å². The average Bonchev–Trinajstić information content (AvgIpc) is 2.89. The Kier molecular flexibility index (Phi) is 4.67. The van der Waals surface area contributed by atoms with E-state index < -0.39 is 0 Å². The summed E-state index contributed by atoms with van der Waals surface area (Å²) in [6.45, 7) is 5.50. The molecule has 1 rings (SSSR count). The lowest BCUT2D eigenvalue weighted by Crippen LogP contribution is -2.13. The second-order valence-corrected chi connectivity index (χ2v) is 3.95. The van der Waals surface area contributed by atoms with Gasteiger partial charge in [-0.3, -0.25) is 0 Å². The van der Waals surface area contributed by atoms with E-state index in [1.54, 1.807) is 0 Å². The first kappa shape index (κ1) is 10.0. The van der Waals surface area contributed by atoms with Crippen LogP contribution in [0.4, 0.5) is 0 Å². The molecule has 0 aromatic carbocycles. The molecule has 0 radical (unpaired) electrons. The van der Waals surface area contributed by atoms with Crippen LogP contribution in [0.1, 0.15) is 52.4 Å². The Hall–Kier alpha value is -0.0400. The highest BCUT2D eigenvalue weighted by Gasteiger charge is 2.22. The van der Waals surface area contributed by atoms with Crippen LogP contribution < -0.4 is 0 Å². The molecule has 1 aliphatic rings. The molecule has 0 aromatic heterocycles. The van der Waals surface area contributed by atoms with Crippen molar-refractivity contribution >= 4 is 0 Å². The number of hydrogen-bond acceptors (Lipinski definition) is 1. The quantitative estimate of drug-likeness (QED) is 0.569. The Morgan fingerprint density at radius 3 is 2.58 bits per heavy atom. The Bertz CT molecular complexity index is 108. The third-order valence-corrected chi connectivity index (χ3v) is 2.60. The highest BCUT2D eigenvalue weighted by atomic mass is 16.5. The fourth-order valence-electron chi connectivity index (χ4n) is 1.39. The molecule has 1 fully saturated rings. The van der Waals surface area contributed by atoms with Gasteiger partial charge >= 0.3 is 0 Å². The van der Waals surface area contributed by atoms with Gasteiger partial charge in [0.15, 0.2) is 0 Å². The Balaban J connectivity index is 1.98. The summed E-state index contributed by atoms with van der Waals surface area (Å²) in [7, 11) is 0. The first-order valence-corrected chi connectivity index (χ1v) is 5.48. The van der Waals surface area contributed by atoms with Crippen LogP contribution >= 0.6 is 0 Å². The third-order valence-electron chi connectivity index (χ3n) is 2.60. The molecule has 1 atom stereocenters. The van der Waals surface area contributed by atoms with E-state index in [-0.39, 0.29) is 0 Å². The largest absolute Gasteiger partial charge is 0.378 e. The molecule has 0 spiro atoms. The molecule has 1 aliphatic carbocycles. The van der Waals surface area contributed by atoms with Gasteiger partial charge in [0.25, 0.3) is 0 Å². The van der Waals surface area contributed by atoms with Crippen molar-refractivity contribution in [2.45, 2.75) is 58.5 Å². The number of rotatable bonds is 7. The second kappa shape index (κ2) is 5.58. The summed E-state index contributed by atoms with van der Waals surface area (Å²) < 4.78 is 5.82. The van der Waals surface area contributed by atoms with Gasteiger partial charge in [-0.25, -0.2) is 0 Å². The summed E-state index contributed by atoms with van der Waals surface area (Å²) >= 11 is 0. The number of hydrogen-bond donors (Lipinski definition) is 0. The molecule has 0 bridgehead atoms. The fourth-order valence-corrected chi connectivity index (χ4v) is 1.39. The van der Waals surface area contributed by atoms with Crippen LogP contribution in [0.15, 0.2) is 0 Å². The lowest BCUT2D eigenvalue weighted by atomic mass is 10.1. The van der Waals surface area contributed by atoms with Crippen LogP contribution in [0.5, 0.6) is 0 Å². The van der Waals surface area contributed by atoms with E-state index in [2.05, 4.69) is 13.8 Å². The standard InChI is InChI=1S/C11H22O/c1-3-5-6-11(4-2)12-9-10-7-8-10/h10-11H,3-9H2,1-2H3. The van der Waals surface area contributed by atoms with Crippen molar-refractivity contribution in [3.8, 4) is 0 Å². The molecule has 1 heteroatoms. The van der Waals surface area contributed by atoms with Crippen molar-refractivity contribution in [1.29, 1.82) is 0 Å². The summed E-state index contributed by atoms with van der Waals surface area (Å²) in [5.74, 6) is 0.917. The number of ether oxygens (including phenoxy) is 1. The van der Waals surface area contributed by atoms with Crippen molar-refractivity contribution in [2.75, 3.05) is 6.61 Å². The van der Waals surface area contributed by atoms with Crippen LogP contribution in [0.3, 0.4) is 0 Å². The summed E-state index contributed by atoms with van der Waals surface area (Å²) in [5, 5.41) is 0. The van der Waals surface area contributed by atoms with Gasteiger partial charge in [0.2, 0.25) is 0 Å². The van der Waals surface area contributed by atoms with Crippen LogP contribution in [-0.4, -0.2) is 12.7 Å². The molecule has 1 nitrogen and oxygen atoms in total. The highest BCUT2D eigenvalue weighted by molar-refractivity contribution is 4.72. The summed E-state index contributed by atoms with van der Waals surface area (Å²) in [6.07, 6.45) is 8.43. The lowest BCUT2D eigenvalue weighted by molar-refractivity contribution is 0.0366. The minimum Gasteiger partial charge on any atom is -0.378 e. The zero-order chi connectivity index (χ0) is 8.81. The topological polar surface area (TPSA) is 9.23 Å². The molecule has 0 saturated heterocycles. The Morgan fingerprint density at radius 1 is 1.33 bits per heavy atom. The van der Waals surface area contributed by atoms with E-state index in [9.17, 15) is 0 Å². The van der Waals surface area contributed by atoms with Gasteiger partial charge < -0.3 is 4.74 Å². The molecule has 0 aliphatic heterocycles. The molecule has 0 amide bonds. The van der Waals surface area contributed by atoms with Gasteiger partial charge in [-0.05, 0) is 31.6 Å². The van der Waals surface area contributed by atoms with E-state index in [0.29, 0.717) is 6.10 Å². The third kappa shape index (κ3) is 4.10. The van der Waals surface area contributed by atoms with Gasteiger partial charge in [0.05, 0.1) is 6.10 Å². The van der Waals surface area contributed by atoms with Crippen molar-refractivity contribution in [3.05, 3.63) is 0 Å². The normalized spacial score (nSPS) is 19.5. The van der Waals surface area contributed by atoms with Crippen molar-refractivity contribution in [3.63, 3.8) is 0 Å². The lowest BCUT2D eigenvalue weighted by Gasteiger charge is -2.15. The zero-order valence-electron chi connectivity index (χ0n) is 8.51. The van der Waals surface area contributed by atoms with Gasteiger partial charge in [0, 0.05) is 6.61 Å². The Labute approximate surface area is 76.5 Å². The van der Waals surface area contributed by atoms with Crippen LogP contribution in [0, 0.1) is 5.92 Å². The minimum atomic E-state index is 0.547. The Morgan fingerprint density at radius 2 is 2.08 bits per heavy atom. The highest BCUT2D eigenvalue weighted by Crippen LogP contribution is 2.29. The molecular formula is C11H22O. The van der Waals surface area contributed by atoms with Crippen molar-refractivity contribution in [1.82, 2.24) is 0 Å². The molecule has 1 saturated carbocycles. The average molecular weight is 170 g/mol. The van der Waals surface area contributed by atoms with Gasteiger partial charge in [-0.1, -0.05) is 26.7 Å². The van der Waals surface area contributed by atoms with Gasteiger partial charge in [0.1, 0.15) is 0 Å². The maximum Gasteiger partial charge on any atom is 0.0572 e. The van der Waals surface area contributed by atoms with Crippen LogP contribution in [0.2, 0.25) is 0 Å². The van der Waals surface area contributed by atoms with Gasteiger partial charge in [-0.15, -0.1) is 0 Å². The molecule has 0 aromatic rings. The molecule has 0 N–H and O–H groups in total. The summed E-state index contributed by atoms with van der Waals surface area (Å²) in [6, 6.07) is 0. The van der Waals surface area contributed by atoms with Gasteiger partial charge in [-0.2, -0.15) is 0 Å². The molecule has 0 heterocycles. The predicted octanol–water partition coefficient (Wildman–Crippen LogP) is 3.38. The van der Waals surface area contributed by atoms with E-state index in [0.717, 1.165) is 12.5 Å². The summed E-state index contributed by atoms with van der Waals surface area (Å²) in [4.78, 5) is 0. The second-order valence-electron chi connectivity index (χ2n) is 3.95.